The van der Waals surface area contributed by atoms with E-state index in [0.29, 0.717) is 23.1 Å². The molecule has 0 amide bonds. The molecule has 0 aromatic heterocycles. The monoisotopic (exact) mass is 305 g/mol. The molecule has 0 radical (unpaired) electrons. The molecule has 4 heteroatoms. The van der Waals surface area contributed by atoms with Crippen LogP contribution in [0.2, 0.25) is 10.0 Å². The van der Waals surface area contributed by atoms with Gasteiger partial charge in [-0.05, 0) is 29.8 Å². The Morgan fingerprint density at radius 2 is 1.85 bits per heavy atom. The second kappa shape index (κ2) is 7.19. The molecule has 0 aliphatic heterocycles. The molecule has 20 heavy (non-hydrogen) atoms. The third-order valence-corrected chi connectivity index (χ3v) is 3.47. The zero-order valence-corrected chi connectivity index (χ0v) is 12.2. The maximum atomic E-state index is 9.27. The second-order valence-electron chi connectivity index (χ2n) is 4.30. The van der Waals surface area contributed by atoms with Crippen molar-refractivity contribution in [2.24, 2.45) is 0 Å². The average Bonchev–Trinajstić information content (AvgIpc) is 2.46. The molecule has 0 spiro atoms. The lowest BCUT2D eigenvalue weighted by molar-refractivity contribution is 0.306. The van der Waals surface area contributed by atoms with Gasteiger partial charge in [-0.2, -0.15) is 5.26 Å². The first-order valence-electron chi connectivity index (χ1n) is 6.23. The van der Waals surface area contributed by atoms with Gasteiger partial charge in [0.2, 0.25) is 0 Å². The fourth-order valence-corrected chi connectivity index (χ4v) is 2.43. The fraction of sp³-hybridized carbons (Fsp3) is 0.188. The maximum absolute atomic E-state index is 9.27. The van der Waals surface area contributed by atoms with E-state index < -0.39 is 0 Å². The third kappa shape index (κ3) is 3.90. The molecule has 2 aromatic carbocycles. The van der Waals surface area contributed by atoms with Crippen molar-refractivity contribution < 1.29 is 4.74 Å². The molecule has 0 aliphatic carbocycles. The molecular weight excluding hydrogens is 293 g/mol. The van der Waals surface area contributed by atoms with Crippen molar-refractivity contribution in [2.45, 2.75) is 12.3 Å². The first-order valence-corrected chi connectivity index (χ1v) is 6.98. The Balaban J connectivity index is 1.98. The van der Waals surface area contributed by atoms with Crippen molar-refractivity contribution in [3.05, 3.63) is 64.1 Å². The summed E-state index contributed by atoms with van der Waals surface area (Å²) < 4.78 is 5.60. The first-order chi connectivity index (χ1) is 9.70. The predicted octanol–water partition coefficient (Wildman–Crippen LogP) is 5.07. The lowest BCUT2D eigenvalue weighted by atomic mass is 9.97. The zero-order chi connectivity index (χ0) is 14.4. The number of para-hydroxylation sites is 1. The zero-order valence-electron chi connectivity index (χ0n) is 10.7. The van der Waals surface area contributed by atoms with Crippen LogP contribution < -0.4 is 4.74 Å². The molecule has 102 valence electrons. The van der Waals surface area contributed by atoms with Crippen LogP contribution in [-0.2, 0) is 0 Å². The molecule has 0 bridgehead atoms. The van der Waals surface area contributed by atoms with Crippen LogP contribution in [0.5, 0.6) is 5.75 Å². The largest absolute Gasteiger partial charge is 0.494 e. The van der Waals surface area contributed by atoms with E-state index in [-0.39, 0.29) is 5.92 Å². The van der Waals surface area contributed by atoms with Gasteiger partial charge < -0.3 is 4.74 Å². The van der Waals surface area contributed by atoms with E-state index in [1.165, 1.54) is 0 Å². The van der Waals surface area contributed by atoms with Crippen LogP contribution in [0, 0.1) is 11.3 Å². The van der Waals surface area contributed by atoms with Gasteiger partial charge in [-0.3, -0.25) is 0 Å². The van der Waals surface area contributed by atoms with Gasteiger partial charge in [-0.15, -0.1) is 0 Å². The number of hydrogen-bond donors (Lipinski definition) is 0. The van der Waals surface area contributed by atoms with Gasteiger partial charge in [0.05, 0.1) is 18.6 Å². The summed E-state index contributed by atoms with van der Waals surface area (Å²) >= 11 is 12.0. The summed E-state index contributed by atoms with van der Waals surface area (Å²) in [5, 5.41) is 10.4. The number of rotatable bonds is 5. The Hall–Kier alpha value is -1.69. The fourth-order valence-electron chi connectivity index (χ4n) is 1.89. The minimum Gasteiger partial charge on any atom is -0.494 e. The summed E-state index contributed by atoms with van der Waals surface area (Å²) in [6.07, 6.45) is 0.576. The number of hydrogen-bond acceptors (Lipinski definition) is 2. The number of benzene rings is 2. The lowest BCUT2D eigenvalue weighted by Crippen LogP contribution is -2.05. The second-order valence-corrected chi connectivity index (χ2v) is 5.14. The molecule has 1 atom stereocenters. The minimum atomic E-state index is -0.302. The summed E-state index contributed by atoms with van der Waals surface area (Å²) in [6, 6.07) is 17.0. The van der Waals surface area contributed by atoms with E-state index in [1.54, 1.807) is 18.2 Å². The van der Waals surface area contributed by atoms with Crippen molar-refractivity contribution in [1.82, 2.24) is 0 Å². The third-order valence-electron chi connectivity index (χ3n) is 2.91. The highest BCUT2D eigenvalue weighted by atomic mass is 35.5. The van der Waals surface area contributed by atoms with Crippen molar-refractivity contribution in [2.75, 3.05) is 6.61 Å². The van der Waals surface area contributed by atoms with Crippen LogP contribution in [0.1, 0.15) is 17.9 Å². The van der Waals surface area contributed by atoms with Crippen LogP contribution in [0.4, 0.5) is 0 Å². The molecule has 0 unspecified atom stereocenters. The quantitative estimate of drug-likeness (QED) is 0.772. The Bertz CT molecular complexity index is 608. The van der Waals surface area contributed by atoms with E-state index >= 15 is 0 Å². The summed E-state index contributed by atoms with van der Waals surface area (Å²) in [6.45, 7) is 0.460. The number of nitrogens with zero attached hydrogens (tertiary/aromatic N) is 1. The maximum Gasteiger partial charge on any atom is 0.119 e. The lowest BCUT2D eigenvalue weighted by Gasteiger charge is -2.12. The van der Waals surface area contributed by atoms with E-state index in [0.717, 1.165) is 11.3 Å². The Morgan fingerprint density at radius 3 is 2.50 bits per heavy atom. The highest BCUT2D eigenvalue weighted by Gasteiger charge is 2.14. The van der Waals surface area contributed by atoms with Crippen LogP contribution in [0.3, 0.4) is 0 Å². The van der Waals surface area contributed by atoms with Gasteiger partial charge in [-0.25, -0.2) is 0 Å². The van der Waals surface area contributed by atoms with Crippen LogP contribution >= 0.6 is 23.2 Å². The molecule has 2 aromatic rings. The highest BCUT2D eigenvalue weighted by Crippen LogP contribution is 2.29. The smallest absolute Gasteiger partial charge is 0.119 e. The minimum absolute atomic E-state index is 0.302. The van der Waals surface area contributed by atoms with E-state index in [4.69, 9.17) is 27.9 Å². The van der Waals surface area contributed by atoms with Crippen molar-refractivity contribution >= 4 is 23.2 Å². The number of nitriles is 1. The molecule has 0 aliphatic rings. The van der Waals surface area contributed by atoms with Crippen molar-refractivity contribution in [3.63, 3.8) is 0 Å². The molecule has 2 rings (SSSR count). The van der Waals surface area contributed by atoms with Gasteiger partial charge in [0.15, 0.2) is 0 Å². The van der Waals surface area contributed by atoms with E-state index in [1.807, 2.05) is 30.3 Å². The molecular formula is C16H13Cl2NO. The standard InChI is InChI=1S/C16H13Cl2NO/c17-13-6-7-15(16(18)10-13)12(11-19)8-9-20-14-4-2-1-3-5-14/h1-7,10,12H,8-9H2/t12-/m1/s1. The topological polar surface area (TPSA) is 33.0 Å². The molecule has 0 N–H and O–H groups in total. The van der Waals surface area contributed by atoms with Gasteiger partial charge >= 0.3 is 0 Å². The Labute approximate surface area is 128 Å². The Kier molecular flexibility index (Phi) is 5.29. The van der Waals surface area contributed by atoms with E-state index in [2.05, 4.69) is 6.07 Å². The van der Waals surface area contributed by atoms with E-state index in [9.17, 15) is 5.26 Å². The highest BCUT2D eigenvalue weighted by molar-refractivity contribution is 6.35. The molecule has 0 fully saturated rings. The van der Waals surface area contributed by atoms with Crippen LogP contribution in [0.25, 0.3) is 0 Å². The number of ether oxygens (including phenoxy) is 1. The van der Waals surface area contributed by atoms with Crippen molar-refractivity contribution in [1.29, 1.82) is 5.26 Å². The molecule has 0 saturated carbocycles. The summed E-state index contributed by atoms with van der Waals surface area (Å²) in [5.74, 6) is 0.495. The molecule has 2 nitrogen and oxygen atoms in total. The van der Waals surface area contributed by atoms with Crippen LogP contribution in [0.15, 0.2) is 48.5 Å². The number of halogens is 2. The van der Waals surface area contributed by atoms with Gasteiger partial charge in [0.1, 0.15) is 5.75 Å². The first kappa shape index (κ1) is 14.7. The van der Waals surface area contributed by atoms with Gasteiger partial charge in [-0.1, -0.05) is 47.5 Å². The Morgan fingerprint density at radius 1 is 1.10 bits per heavy atom. The van der Waals surface area contributed by atoms with Gasteiger partial charge in [0.25, 0.3) is 0 Å². The SMILES string of the molecule is N#C[C@@H](CCOc1ccccc1)c1ccc(Cl)cc1Cl. The van der Waals surface area contributed by atoms with Crippen LogP contribution in [-0.4, -0.2) is 6.61 Å². The average molecular weight is 306 g/mol. The van der Waals surface area contributed by atoms with Gasteiger partial charge in [0, 0.05) is 16.5 Å². The molecule has 0 saturated heterocycles. The van der Waals surface area contributed by atoms with Crippen molar-refractivity contribution in [3.8, 4) is 11.8 Å². The normalized spacial score (nSPS) is 11.7. The summed E-state index contributed by atoms with van der Waals surface area (Å²) in [7, 11) is 0. The summed E-state index contributed by atoms with van der Waals surface area (Å²) in [4.78, 5) is 0. The summed E-state index contributed by atoms with van der Waals surface area (Å²) in [5.41, 5.74) is 0.787. The molecule has 0 heterocycles. The predicted molar refractivity (Wildman–Crippen MR) is 81.4 cm³/mol.